The van der Waals surface area contributed by atoms with Gasteiger partial charge in [0.05, 0.1) is 6.61 Å². The molecule has 0 saturated carbocycles. The zero-order chi connectivity index (χ0) is 14.5. The van der Waals surface area contributed by atoms with Crippen LogP contribution >= 0.6 is 0 Å². The second kappa shape index (κ2) is 6.89. The van der Waals surface area contributed by atoms with Crippen LogP contribution < -0.4 is 0 Å². The van der Waals surface area contributed by atoms with Crippen LogP contribution in [0, 0.1) is 5.92 Å². The molecule has 1 aromatic rings. The van der Waals surface area contributed by atoms with E-state index in [0.29, 0.717) is 18.6 Å². The Bertz CT molecular complexity index is 432. The van der Waals surface area contributed by atoms with E-state index in [0.717, 1.165) is 18.5 Å². The topological polar surface area (TPSA) is 29.5 Å². The summed E-state index contributed by atoms with van der Waals surface area (Å²) in [6.07, 6.45) is 2.39. The smallest absolute Gasteiger partial charge is 0.328 e. The Balaban J connectivity index is 2.29. The minimum atomic E-state index is -0.270. The van der Waals surface area contributed by atoms with Crippen molar-refractivity contribution in [3.63, 3.8) is 0 Å². The summed E-state index contributed by atoms with van der Waals surface area (Å²) in [4.78, 5) is 14.7. The highest BCUT2D eigenvalue weighted by atomic mass is 16.5. The quantitative estimate of drug-likeness (QED) is 0.789. The lowest BCUT2D eigenvalue weighted by Crippen LogP contribution is -2.47. The third kappa shape index (κ3) is 3.21. The molecule has 0 spiro atoms. The Morgan fingerprint density at radius 1 is 1.35 bits per heavy atom. The van der Waals surface area contributed by atoms with E-state index in [-0.39, 0.29) is 12.0 Å². The van der Waals surface area contributed by atoms with Crippen molar-refractivity contribution < 1.29 is 9.53 Å². The molecule has 0 amide bonds. The van der Waals surface area contributed by atoms with Crippen molar-refractivity contribution in [1.29, 1.82) is 0 Å². The molecule has 3 heteroatoms. The number of piperidine rings is 1. The molecule has 0 bridgehead atoms. The van der Waals surface area contributed by atoms with Gasteiger partial charge in [-0.15, -0.1) is 0 Å². The number of rotatable bonds is 4. The number of hydrogen-bond donors (Lipinski definition) is 0. The van der Waals surface area contributed by atoms with E-state index in [2.05, 4.69) is 18.7 Å². The van der Waals surface area contributed by atoms with Gasteiger partial charge in [0.2, 0.25) is 0 Å². The normalized spacial score (nSPS) is 25.1. The van der Waals surface area contributed by atoms with Gasteiger partial charge in [0, 0.05) is 6.04 Å². The van der Waals surface area contributed by atoms with Crippen molar-refractivity contribution in [2.24, 2.45) is 5.92 Å². The van der Waals surface area contributed by atoms with E-state index < -0.39 is 0 Å². The fraction of sp³-hybridized carbons (Fsp3) is 0.588. The summed E-state index contributed by atoms with van der Waals surface area (Å²) in [7, 11) is 0. The molecule has 0 aromatic heterocycles. The molecule has 1 aliphatic heterocycles. The van der Waals surface area contributed by atoms with Crippen molar-refractivity contribution in [1.82, 2.24) is 4.90 Å². The minimum absolute atomic E-state index is 0.125. The number of likely N-dealkylation sites (tertiary alicyclic amines) is 1. The highest BCUT2D eigenvalue weighted by Crippen LogP contribution is 2.32. The Labute approximate surface area is 121 Å². The molecule has 20 heavy (non-hydrogen) atoms. The summed E-state index contributed by atoms with van der Waals surface area (Å²) in [5, 5.41) is 0. The first-order valence-electron chi connectivity index (χ1n) is 7.62. The fourth-order valence-electron chi connectivity index (χ4n) is 3.05. The van der Waals surface area contributed by atoms with Crippen LogP contribution in [0.3, 0.4) is 0 Å². The molecule has 0 aliphatic carbocycles. The first-order chi connectivity index (χ1) is 9.65. The second-order valence-electron chi connectivity index (χ2n) is 5.66. The summed E-state index contributed by atoms with van der Waals surface area (Å²) in [6, 6.07) is 10.1. The molecule has 1 fully saturated rings. The van der Waals surface area contributed by atoms with E-state index in [4.69, 9.17) is 4.74 Å². The maximum Gasteiger partial charge on any atom is 0.328 e. The van der Waals surface area contributed by atoms with Crippen molar-refractivity contribution in [3.05, 3.63) is 35.9 Å². The van der Waals surface area contributed by atoms with Crippen LogP contribution in [0.25, 0.3) is 0 Å². The van der Waals surface area contributed by atoms with Gasteiger partial charge in [0.1, 0.15) is 6.04 Å². The van der Waals surface area contributed by atoms with Gasteiger partial charge in [-0.05, 0) is 44.7 Å². The Hall–Kier alpha value is -1.35. The maximum absolute atomic E-state index is 12.4. The molecule has 3 nitrogen and oxygen atoms in total. The van der Waals surface area contributed by atoms with Gasteiger partial charge in [-0.25, -0.2) is 4.79 Å². The predicted octanol–water partition coefficient (Wildman–Crippen LogP) is 3.41. The summed E-state index contributed by atoms with van der Waals surface area (Å²) < 4.78 is 5.31. The standard InChI is InChI=1S/C17H25NO2/c1-4-20-17(19)16(15-10-6-5-7-11-15)18-12-8-9-13(2)14(18)3/h5-7,10-11,13-14,16H,4,8-9,12H2,1-3H3. The van der Waals surface area contributed by atoms with Crippen molar-refractivity contribution >= 4 is 5.97 Å². The molecule has 1 aromatic carbocycles. The Morgan fingerprint density at radius 2 is 2.05 bits per heavy atom. The van der Waals surface area contributed by atoms with E-state index in [9.17, 15) is 4.79 Å². The van der Waals surface area contributed by atoms with Crippen molar-refractivity contribution in [3.8, 4) is 0 Å². The van der Waals surface area contributed by atoms with Gasteiger partial charge in [0.25, 0.3) is 0 Å². The number of nitrogens with zero attached hydrogens (tertiary/aromatic N) is 1. The van der Waals surface area contributed by atoms with E-state index in [1.807, 2.05) is 37.3 Å². The van der Waals surface area contributed by atoms with Crippen LogP contribution in [-0.2, 0) is 9.53 Å². The summed E-state index contributed by atoms with van der Waals surface area (Å²) in [6.45, 7) is 7.75. The molecule has 1 heterocycles. The van der Waals surface area contributed by atoms with E-state index in [1.54, 1.807) is 0 Å². The summed E-state index contributed by atoms with van der Waals surface area (Å²) in [5.74, 6) is 0.490. The average Bonchev–Trinajstić information content (AvgIpc) is 2.45. The number of hydrogen-bond acceptors (Lipinski definition) is 3. The van der Waals surface area contributed by atoms with Crippen LogP contribution in [-0.4, -0.2) is 30.1 Å². The number of ether oxygens (including phenoxy) is 1. The van der Waals surface area contributed by atoms with Crippen molar-refractivity contribution in [2.45, 2.75) is 45.7 Å². The molecule has 2 rings (SSSR count). The zero-order valence-corrected chi connectivity index (χ0v) is 12.7. The predicted molar refractivity (Wildman–Crippen MR) is 80.4 cm³/mol. The highest BCUT2D eigenvalue weighted by molar-refractivity contribution is 5.77. The molecular formula is C17H25NO2. The Morgan fingerprint density at radius 3 is 2.70 bits per heavy atom. The second-order valence-corrected chi connectivity index (χ2v) is 5.66. The van der Waals surface area contributed by atoms with E-state index in [1.165, 1.54) is 6.42 Å². The molecule has 1 aliphatic rings. The molecular weight excluding hydrogens is 250 g/mol. The average molecular weight is 275 g/mol. The van der Waals surface area contributed by atoms with Gasteiger partial charge in [-0.3, -0.25) is 4.90 Å². The Kier molecular flexibility index (Phi) is 5.18. The van der Waals surface area contributed by atoms with Gasteiger partial charge >= 0.3 is 5.97 Å². The zero-order valence-electron chi connectivity index (χ0n) is 12.7. The largest absolute Gasteiger partial charge is 0.465 e. The molecule has 0 radical (unpaired) electrons. The first kappa shape index (κ1) is 15.0. The molecule has 3 unspecified atom stereocenters. The highest BCUT2D eigenvalue weighted by Gasteiger charge is 2.35. The fourth-order valence-corrected chi connectivity index (χ4v) is 3.05. The first-order valence-corrected chi connectivity index (χ1v) is 7.62. The van der Waals surface area contributed by atoms with Crippen LogP contribution in [0.1, 0.15) is 45.2 Å². The van der Waals surface area contributed by atoms with E-state index >= 15 is 0 Å². The minimum Gasteiger partial charge on any atom is -0.465 e. The lowest BCUT2D eigenvalue weighted by molar-refractivity contribution is -0.152. The van der Waals surface area contributed by atoms with Gasteiger partial charge < -0.3 is 4.74 Å². The molecule has 110 valence electrons. The van der Waals surface area contributed by atoms with Gasteiger partial charge in [0.15, 0.2) is 0 Å². The third-order valence-electron chi connectivity index (χ3n) is 4.38. The summed E-state index contributed by atoms with van der Waals surface area (Å²) >= 11 is 0. The number of benzene rings is 1. The number of carbonyl (C=O) groups is 1. The number of esters is 1. The third-order valence-corrected chi connectivity index (χ3v) is 4.38. The molecule has 1 saturated heterocycles. The summed E-state index contributed by atoms with van der Waals surface area (Å²) in [5.41, 5.74) is 1.03. The maximum atomic E-state index is 12.4. The lowest BCUT2D eigenvalue weighted by atomic mass is 9.89. The van der Waals surface area contributed by atoms with Gasteiger partial charge in [-0.2, -0.15) is 0 Å². The van der Waals surface area contributed by atoms with Crippen LogP contribution in [0.2, 0.25) is 0 Å². The molecule has 3 atom stereocenters. The van der Waals surface area contributed by atoms with Crippen LogP contribution in [0.5, 0.6) is 0 Å². The lowest BCUT2D eigenvalue weighted by Gasteiger charge is -2.41. The molecule has 0 N–H and O–H groups in total. The number of carbonyl (C=O) groups excluding carboxylic acids is 1. The SMILES string of the molecule is CCOC(=O)C(c1ccccc1)N1CCCC(C)C1C. The van der Waals surface area contributed by atoms with Crippen LogP contribution in [0.15, 0.2) is 30.3 Å². The van der Waals surface area contributed by atoms with Crippen molar-refractivity contribution in [2.75, 3.05) is 13.2 Å². The van der Waals surface area contributed by atoms with Crippen LogP contribution in [0.4, 0.5) is 0 Å². The monoisotopic (exact) mass is 275 g/mol. The van der Waals surface area contributed by atoms with Gasteiger partial charge in [-0.1, -0.05) is 37.3 Å².